The van der Waals surface area contributed by atoms with Crippen molar-refractivity contribution in [1.29, 1.82) is 0 Å². The van der Waals surface area contributed by atoms with E-state index in [4.69, 9.17) is 0 Å². The van der Waals surface area contributed by atoms with Crippen LogP contribution in [0.4, 0.5) is 0 Å². The maximum Gasteiger partial charge on any atom is 0.194 e. The van der Waals surface area contributed by atoms with Crippen LogP contribution < -0.4 is 5.32 Å². The molecular weight excluding hydrogens is 256 g/mol. The van der Waals surface area contributed by atoms with Gasteiger partial charge in [-0.2, -0.15) is 0 Å². The third kappa shape index (κ3) is 4.29. The molecule has 0 fully saturated rings. The molecule has 0 aliphatic rings. The number of hydrogen-bond acceptors (Lipinski definition) is 5. The van der Waals surface area contributed by atoms with Gasteiger partial charge in [0.25, 0.3) is 0 Å². The molecule has 0 aromatic carbocycles. The van der Waals surface area contributed by atoms with E-state index in [0.29, 0.717) is 6.04 Å². The van der Waals surface area contributed by atoms with Crippen LogP contribution in [0.25, 0.3) is 0 Å². The van der Waals surface area contributed by atoms with E-state index in [2.05, 4.69) is 40.2 Å². The van der Waals surface area contributed by atoms with Gasteiger partial charge in [0, 0.05) is 30.7 Å². The van der Waals surface area contributed by atoms with Crippen LogP contribution in [-0.2, 0) is 6.54 Å². The molecule has 0 radical (unpaired) electrons. The molecule has 2 aromatic heterocycles. The van der Waals surface area contributed by atoms with E-state index in [1.165, 1.54) is 17.3 Å². The van der Waals surface area contributed by atoms with Crippen molar-refractivity contribution in [2.45, 2.75) is 43.5 Å². The molecule has 0 bridgehead atoms. The lowest BCUT2D eigenvalue weighted by atomic mass is 10.2. The van der Waals surface area contributed by atoms with E-state index in [0.717, 1.165) is 22.4 Å². The lowest BCUT2D eigenvalue weighted by Crippen LogP contribution is -2.22. The average Bonchev–Trinajstić information content (AvgIpc) is 2.38. The van der Waals surface area contributed by atoms with Crippen LogP contribution in [0.3, 0.4) is 0 Å². The van der Waals surface area contributed by atoms with Crippen molar-refractivity contribution in [3.05, 3.63) is 41.9 Å². The van der Waals surface area contributed by atoms with Gasteiger partial charge in [-0.05, 0) is 36.4 Å². The van der Waals surface area contributed by atoms with E-state index in [1.807, 2.05) is 19.1 Å². The molecule has 0 atom stereocenters. The minimum absolute atomic E-state index is 0.452. The van der Waals surface area contributed by atoms with E-state index < -0.39 is 0 Å². The predicted molar refractivity (Wildman–Crippen MR) is 77.1 cm³/mol. The number of nitrogens with zero attached hydrogens (tertiary/aromatic N) is 3. The SMILES string of the molecule is Cc1ccnc(Sc2ncccc2CNC(C)C)n1. The molecule has 100 valence electrons. The number of nitrogens with one attached hydrogen (secondary N) is 1. The quantitative estimate of drug-likeness (QED) is 0.850. The van der Waals surface area contributed by atoms with Crippen LogP contribution in [0.1, 0.15) is 25.1 Å². The highest BCUT2D eigenvalue weighted by molar-refractivity contribution is 7.99. The Morgan fingerprint density at radius 3 is 2.79 bits per heavy atom. The second kappa shape index (κ2) is 6.63. The molecule has 0 aliphatic heterocycles. The Kier molecular flexibility index (Phi) is 4.87. The first-order valence-electron chi connectivity index (χ1n) is 6.30. The Hall–Kier alpha value is -1.46. The number of pyridine rings is 1. The van der Waals surface area contributed by atoms with Crippen molar-refractivity contribution in [2.24, 2.45) is 0 Å². The van der Waals surface area contributed by atoms with Crippen LogP contribution in [0.2, 0.25) is 0 Å². The monoisotopic (exact) mass is 274 g/mol. The zero-order valence-corrected chi connectivity index (χ0v) is 12.2. The molecule has 0 amide bonds. The molecule has 0 aliphatic carbocycles. The summed E-state index contributed by atoms with van der Waals surface area (Å²) in [6, 6.07) is 6.39. The summed E-state index contributed by atoms with van der Waals surface area (Å²) in [7, 11) is 0. The summed E-state index contributed by atoms with van der Waals surface area (Å²) in [5, 5.41) is 5.10. The van der Waals surface area contributed by atoms with Crippen molar-refractivity contribution in [3.63, 3.8) is 0 Å². The summed E-state index contributed by atoms with van der Waals surface area (Å²) in [5.41, 5.74) is 2.14. The molecule has 1 N–H and O–H groups in total. The molecule has 5 heteroatoms. The van der Waals surface area contributed by atoms with Crippen LogP contribution in [-0.4, -0.2) is 21.0 Å². The Morgan fingerprint density at radius 2 is 2.05 bits per heavy atom. The normalized spacial score (nSPS) is 10.9. The Balaban J connectivity index is 2.15. The number of hydrogen-bond donors (Lipinski definition) is 1. The van der Waals surface area contributed by atoms with E-state index >= 15 is 0 Å². The smallest absolute Gasteiger partial charge is 0.194 e. The minimum Gasteiger partial charge on any atom is -0.310 e. The van der Waals surface area contributed by atoms with Gasteiger partial charge in [0.05, 0.1) is 0 Å². The minimum atomic E-state index is 0.452. The summed E-state index contributed by atoms with van der Waals surface area (Å²) in [6.07, 6.45) is 3.58. The highest BCUT2D eigenvalue weighted by atomic mass is 32.2. The number of aryl methyl sites for hydroxylation is 1. The first-order chi connectivity index (χ1) is 9.15. The maximum absolute atomic E-state index is 4.42. The highest BCUT2D eigenvalue weighted by Gasteiger charge is 2.08. The fourth-order valence-electron chi connectivity index (χ4n) is 1.53. The summed E-state index contributed by atoms with van der Waals surface area (Å²) in [5.74, 6) is 0. The highest BCUT2D eigenvalue weighted by Crippen LogP contribution is 2.25. The molecule has 4 nitrogen and oxygen atoms in total. The van der Waals surface area contributed by atoms with Gasteiger partial charge >= 0.3 is 0 Å². The Bertz CT molecular complexity index is 542. The predicted octanol–water partition coefficient (Wildman–Crippen LogP) is 2.83. The van der Waals surface area contributed by atoms with Crippen LogP contribution in [0.5, 0.6) is 0 Å². The molecule has 19 heavy (non-hydrogen) atoms. The van der Waals surface area contributed by atoms with Gasteiger partial charge in [-0.1, -0.05) is 19.9 Å². The van der Waals surface area contributed by atoms with Gasteiger partial charge in [0.1, 0.15) is 5.03 Å². The molecule has 2 aromatic rings. The number of aromatic nitrogens is 3. The van der Waals surface area contributed by atoms with Gasteiger partial charge in [-0.25, -0.2) is 15.0 Å². The molecule has 0 unspecified atom stereocenters. The molecule has 0 saturated carbocycles. The topological polar surface area (TPSA) is 50.7 Å². The van der Waals surface area contributed by atoms with E-state index in [9.17, 15) is 0 Å². The molecule has 2 heterocycles. The van der Waals surface area contributed by atoms with Gasteiger partial charge in [0.2, 0.25) is 0 Å². The fourth-order valence-corrected chi connectivity index (χ4v) is 2.39. The summed E-state index contributed by atoms with van der Waals surface area (Å²) >= 11 is 1.51. The second-order valence-corrected chi connectivity index (χ2v) is 5.54. The van der Waals surface area contributed by atoms with Crippen LogP contribution in [0, 0.1) is 6.92 Å². The van der Waals surface area contributed by atoms with E-state index in [-0.39, 0.29) is 0 Å². The zero-order chi connectivity index (χ0) is 13.7. The summed E-state index contributed by atoms with van der Waals surface area (Å²) in [6.45, 7) is 7.03. The number of rotatable bonds is 5. The van der Waals surface area contributed by atoms with Crippen molar-refractivity contribution in [3.8, 4) is 0 Å². The average molecular weight is 274 g/mol. The Morgan fingerprint density at radius 1 is 1.21 bits per heavy atom. The molecule has 0 saturated heterocycles. The fraction of sp³-hybridized carbons (Fsp3) is 0.357. The van der Waals surface area contributed by atoms with Crippen molar-refractivity contribution in [2.75, 3.05) is 0 Å². The second-order valence-electron chi connectivity index (χ2n) is 4.59. The Labute approximate surface area is 118 Å². The van der Waals surface area contributed by atoms with Crippen molar-refractivity contribution < 1.29 is 0 Å². The largest absolute Gasteiger partial charge is 0.310 e. The van der Waals surface area contributed by atoms with E-state index in [1.54, 1.807) is 12.4 Å². The van der Waals surface area contributed by atoms with Crippen molar-refractivity contribution in [1.82, 2.24) is 20.3 Å². The van der Waals surface area contributed by atoms with Crippen LogP contribution >= 0.6 is 11.8 Å². The van der Waals surface area contributed by atoms with Crippen molar-refractivity contribution >= 4 is 11.8 Å². The maximum atomic E-state index is 4.42. The van der Waals surface area contributed by atoms with Gasteiger partial charge in [-0.15, -0.1) is 0 Å². The first kappa shape index (κ1) is 14.0. The molecule has 0 spiro atoms. The summed E-state index contributed by atoms with van der Waals surface area (Å²) < 4.78 is 0. The third-order valence-corrected chi connectivity index (χ3v) is 3.45. The standard InChI is InChI=1S/C14H18N4S/c1-10(2)17-9-12-5-4-7-15-13(12)19-14-16-8-6-11(3)18-14/h4-8,10,17H,9H2,1-3H3. The van der Waals surface area contributed by atoms with Gasteiger partial charge in [-0.3, -0.25) is 0 Å². The molecule has 2 rings (SSSR count). The summed E-state index contributed by atoms with van der Waals surface area (Å²) in [4.78, 5) is 13.1. The lowest BCUT2D eigenvalue weighted by molar-refractivity contribution is 0.582. The third-order valence-electron chi connectivity index (χ3n) is 2.51. The first-order valence-corrected chi connectivity index (χ1v) is 7.11. The van der Waals surface area contributed by atoms with Gasteiger partial charge < -0.3 is 5.32 Å². The molecular formula is C14H18N4S. The van der Waals surface area contributed by atoms with Crippen LogP contribution in [0.15, 0.2) is 40.8 Å². The lowest BCUT2D eigenvalue weighted by Gasteiger charge is -2.10. The zero-order valence-electron chi connectivity index (χ0n) is 11.4. The van der Waals surface area contributed by atoms with Gasteiger partial charge in [0.15, 0.2) is 5.16 Å².